The zero-order chi connectivity index (χ0) is 15.9. The molecule has 0 aromatic carbocycles. The Morgan fingerprint density at radius 1 is 1.14 bits per heavy atom. The number of carboxylic acid groups (broad SMARTS) is 1. The van der Waals surface area contributed by atoms with Crippen molar-refractivity contribution in [2.75, 3.05) is 0 Å². The van der Waals surface area contributed by atoms with Gasteiger partial charge in [-0.1, -0.05) is 0 Å². The van der Waals surface area contributed by atoms with Crippen LogP contribution in [0, 0.1) is 23.7 Å². The summed E-state index contributed by atoms with van der Waals surface area (Å²) in [5.41, 5.74) is 4.59. The highest BCUT2D eigenvalue weighted by Crippen LogP contribution is 2.52. The van der Waals surface area contributed by atoms with Gasteiger partial charge in [0.1, 0.15) is 0 Å². The van der Waals surface area contributed by atoms with Gasteiger partial charge >= 0.3 is 11.9 Å². The molecular weight excluding hydrogens is 356 g/mol. The first-order chi connectivity index (χ1) is 10.5. The lowest BCUT2D eigenvalue weighted by Gasteiger charge is -2.26. The maximum atomic E-state index is 12.3. The van der Waals surface area contributed by atoms with E-state index in [4.69, 9.17) is 4.42 Å². The molecule has 0 spiro atoms. The number of hydrogen-bond donors (Lipinski definition) is 3. The van der Waals surface area contributed by atoms with Crippen LogP contribution in [0.25, 0.3) is 0 Å². The molecule has 7 nitrogen and oxygen atoms in total. The lowest BCUT2D eigenvalue weighted by molar-refractivity contribution is -0.149. The molecule has 2 saturated carbocycles. The molecule has 0 aliphatic heterocycles. The molecule has 2 bridgehead atoms. The van der Waals surface area contributed by atoms with Crippen molar-refractivity contribution < 1.29 is 23.9 Å². The van der Waals surface area contributed by atoms with Gasteiger partial charge in [-0.3, -0.25) is 25.2 Å². The number of rotatable bonds is 3. The summed E-state index contributed by atoms with van der Waals surface area (Å²) >= 11 is 3.08. The first kappa shape index (κ1) is 15.1. The predicted molar refractivity (Wildman–Crippen MR) is 77.5 cm³/mol. The van der Waals surface area contributed by atoms with Crippen LogP contribution in [0.1, 0.15) is 29.8 Å². The minimum Gasteiger partial charge on any atom is -0.481 e. The zero-order valence-corrected chi connectivity index (χ0v) is 13.1. The SMILES string of the molecule is O=C(NNC(=O)[C@@H]1[C@@H]2CC[C@@H](C2)[C@@H]1C(=O)O)c1ccc(Br)o1. The van der Waals surface area contributed by atoms with Crippen LogP contribution >= 0.6 is 15.9 Å². The Balaban J connectivity index is 1.62. The fourth-order valence-corrected chi connectivity index (χ4v) is 4.03. The summed E-state index contributed by atoms with van der Waals surface area (Å²) in [6.07, 6.45) is 2.50. The second-order valence-corrected chi connectivity index (χ2v) is 6.55. The average Bonchev–Trinajstić information content (AvgIpc) is 3.18. The van der Waals surface area contributed by atoms with Gasteiger partial charge in [-0.05, 0) is 59.2 Å². The summed E-state index contributed by atoms with van der Waals surface area (Å²) in [4.78, 5) is 35.4. The van der Waals surface area contributed by atoms with E-state index < -0.39 is 29.6 Å². The number of halogens is 1. The number of carbonyl (C=O) groups is 3. The number of hydrogen-bond acceptors (Lipinski definition) is 4. The van der Waals surface area contributed by atoms with E-state index in [9.17, 15) is 19.5 Å². The molecule has 22 heavy (non-hydrogen) atoms. The van der Waals surface area contributed by atoms with E-state index >= 15 is 0 Å². The van der Waals surface area contributed by atoms with Gasteiger partial charge in [0.15, 0.2) is 10.4 Å². The average molecular weight is 371 g/mol. The molecule has 2 aliphatic rings. The highest BCUT2D eigenvalue weighted by Gasteiger charge is 2.54. The van der Waals surface area contributed by atoms with Gasteiger partial charge in [0.05, 0.1) is 11.8 Å². The van der Waals surface area contributed by atoms with Gasteiger partial charge in [-0.25, -0.2) is 0 Å². The maximum Gasteiger partial charge on any atom is 0.307 e. The van der Waals surface area contributed by atoms with E-state index in [1.165, 1.54) is 6.07 Å². The van der Waals surface area contributed by atoms with E-state index in [0.29, 0.717) is 4.67 Å². The third kappa shape index (κ3) is 2.63. The van der Waals surface area contributed by atoms with Crippen LogP contribution in [0.15, 0.2) is 21.2 Å². The number of carbonyl (C=O) groups excluding carboxylic acids is 2. The van der Waals surface area contributed by atoms with Crippen molar-refractivity contribution in [1.82, 2.24) is 10.9 Å². The van der Waals surface area contributed by atoms with Crippen molar-refractivity contribution >= 4 is 33.7 Å². The molecule has 118 valence electrons. The Morgan fingerprint density at radius 3 is 2.41 bits per heavy atom. The van der Waals surface area contributed by atoms with Gasteiger partial charge in [-0.2, -0.15) is 0 Å². The van der Waals surface area contributed by atoms with Crippen molar-refractivity contribution in [3.8, 4) is 0 Å². The highest BCUT2D eigenvalue weighted by molar-refractivity contribution is 9.10. The molecular formula is C14H15BrN2O5. The lowest BCUT2D eigenvalue weighted by atomic mass is 9.79. The van der Waals surface area contributed by atoms with Crippen LogP contribution in [0.4, 0.5) is 0 Å². The van der Waals surface area contributed by atoms with E-state index in [2.05, 4.69) is 26.8 Å². The molecule has 3 rings (SSSR count). The fourth-order valence-electron chi connectivity index (χ4n) is 3.72. The van der Waals surface area contributed by atoms with Gasteiger partial charge in [0.2, 0.25) is 5.91 Å². The molecule has 2 amide bonds. The summed E-state index contributed by atoms with van der Waals surface area (Å²) in [6.45, 7) is 0. The first-order valence-electron chi connectivity index (χ1n) is 7.05. The van der Waals surface area contributed by atoms with Crippen LogP contribution in [0.3, 0.4) is 0 Å². The highest BCUT2D eigenvalue weighted by atomic mass is 79.9. The third-order valence-electron chi connectivity index (χ3n) is 4.60. The fraction of sp³-hybridized carbons (Fsp3) is 0.500. The Hall–Kier alpha value is -1.83. The zero-order valence-electron chi connectivity index (χ0n) is 11.5. The number of hydrazine groups is 1. The van der Waals surface area contributed by atoms with Crippen LogP contribution in [-0.4, -0.2) is 22.9 Å². The molecule has 2 fully saturated rings. The molecule has 1 aromatic rings. The molecule has 4 atom stereocenters. The van der Waals surface area contributed by atoms with E-state index in [1.807, 2.05) is 0 Å². The second kappa shape index (κ2) is 5.75. The van der Waals surface area contributed by atoms with Crippen molar-refractivity contribution in [3.05, 3.63) is 22.6 Å². The van der Waals surface area contributed by atoms with Crippen molar-refractivity contribution in [3.63, 3.8) is 0 Å². The topological polar surface area (TPSA) is 109 Å². The number of carboxylic acids is 1. The summed E-state index contributed by atoms with van der Waals surface area (Å²) in [6, 6.07) is 3.02. The molecule has 2 aliphatic carbocycles. The summed E-state index contributed by atoms with van der Waals surface area (Å²) in [5.74, 6) is -3.01. The summed E-state index contributed by atoms with van der Waals surface area (Å²) < 4.78 is 5.48. The van der Waals surface area contributed by atoms with Gasteiger partial charge in [-0.15, -0.1) is 0 Å². The predicted octanol–water partition coefficient (Wildman–Crippen LogP) is 1.55. The van der Waals surface area contributed by atoms with E-state index in [0.717, 1.165) is 19.3 Å². The van der Waals surface area contributed by atoms with Crippen molar-refractivity contribution in [2.24, 2.45) is 23.7 Å². The molecule has 0 saturated heterocycles. The smallest absolute Gasteiger partial charge is 0.307 e. The standard InChI is InChI=1S/C14H15BrN2O5/c15-9-4-3-8(22-9)12(18)16-17-13(19)10-6-1-2-7(5-6)11(10)14(20)21/h3-4,6-7,10-11H,1-2,5H2,(H,16,18)(H,17,19)(H,20,21)/t6-,7+,10-,11+/m1/s1. The lowest BCUT2D eigenvalue weighted by Crippen LogP contribution is -2.48. The van der Waals surface area contributed by atoms with Crippen LogP contribution in [-0.2, 0) is 9.59 Å². The quantitative estimate of drug-likeness (QED) is 0.699. The third-order valence-corrected chi connectivity index (χ3v) is 5.03. The summed E-state index contributed by atoms with van der Waals surface area (Å²) in [5, 5.41) is 9.33. The Bertz CT molecular complexity index is 629. The van der Waals surface area contributed by atoms with E-state index in [1.54, 1.807) is 6.07 Å². The molecule has 0 radical (unpaired) electrons. The molecule has 8 heteroatoms. The molecule has 0 unspecified atom stereocenters. The number of aliphatic carboxylic acids is 1. The minimum atomic E-state index is -0.936. The van der Waals surface area contributed by atoms with Gasteiger partial charge < -0.3 is 9.52 Å². The number of amides is 2. The van der Waals surface area contributed by atoms with Crippen LogP contribution in [0.2, 0.25) is 0 Å². The number of nitrogens with one attached hydrogen (secondary N) is 2. The van der Waals surface area contributed by atoms with Gasteiger partial charge in [0.25, 0.3) is 0 Å². The minimum absolute atomic E-state index is 0.0508. The normalized spacial score (nSPS) is 29.3. The Morgan fingerprint density at radius 2 is 1.82 bits per heavy atom. The Kier molecular flexibility index (Phi) is 3.94. The van der Waals surface area contributed by atoms with Crippen LogP contribution in [0.5, 0.6) is 0 Å². The van der Waals surface area contributed by atoms with Gasteiger partial charge in [0, 0.05) is 0 Å². The van der Waals surface area contributed by atoms with Crippen molar-refractivity contribution in [1.29, 1.82) is 0 Å². The molecule has 1 heterocycles. The Labute approximate surface area is 134 Å². The molecule has 3 N–H and O–H groups in total. The first-order valence-corrected chi connectivity index (χ1v) is 7.85. The largest absolute Gasteiger partial charge is 0.481 e. The molecule has 1 aromatic heterocycles. The maximum absolute atomic E-state index is 12.3. The monoisotopic (exact) mass is 370 g/mol. The van der Waals surface area contributed by atoms with E-state index in [-0.39, 0.29) is 17.6 Å². The van der Waals surface area contributed by atoms with Crippen LogP contribution < -0.4 is 10.9 Å². The number of furan rings is 1. The number of fused-ring (bicyclic) bond motifs is 2. The second-order valence-electron chi connectivity index (χ2n) is 5.77. The van der Waals surface area contributed by atoms with Crippen molar-refractivity contribution in [2.45, 2.75) is 19.3 Å². The summed E-state index contributed by atoms with van der Waals surface area (Å²) in [7, 11) is 0.